The number of ether oxygens (including phenoxy) is 3. The molecule has 3 aliphatic rings. The lowest BCUT2D eigenvalue weighted by molar-refractivity contribution is -0.106. The summed E-state index contributed by atoms with van der Waals surface area (Å²) in [5.74, 6) is 1.55. The van der Waals surface area contributed by atoms with E-state index < -0.39 is 41.2 Å². The summed E-state index contributed by atoms with van der Waals surface area (Å²) in [4.78, 5) is 14.2. The number of rotatable bonds is 8. The summed E-state index contributed by atoms with van der Waals surface area (Å²) in [5, 5.41) is 33.7. The molecule has 3 aliphatic heterocycles. The second-order valence-electron chi connectivity index (χ2n) is 10.5. The van der Waals surface area contributed by atoms with Gasteiger partial charge in [-0.3, -0.25) is 10.7 Å². The SMILES string of the molecule is COc1ccc(C(c2ccccc2)(c2ccc(OC)cc2)C(O)[C@H]2O[C@@H](N3CN=C4C3=NC=NC4(N)Cl)[C@H](O)[C@@H]2O)cc1. The average molecular weight is 606 g/mol. The Labute approximate surface area is 253 Å². The molecule has 43 heavy (non-hydrogen) atoms. The molecule has 12 heteroatoms. The van der Waals surface area contributed by atoms with Crippen LogP contribution in [-0.2, 0) is 10.2 Å². The van der Waals surface area contributed by atoms with Crippen molar-refractivity contribution in [1.29, 1.82) is 0 Å². The molecule has 5 N–H and O–H groups in total. The molecule has 0 saturated carbocycles. The van der Waals surface area contributed by atoms with Gasteiger partial charge in [0.2, 0.25) is 5.12 Å². The summed E-state index contributed by atoms with van der Waals surface area (Å²) < 4.78 is 17.2. The Morgan fingerprint density at radius 3 is 2.05 bits per heavy atom. The van der Waals surface area contributed by atoms with E-state index in [9.17, 15) is 15.3 Å². The summed E-state index contributed by atoms with van der Waals surface area (Å²) in [6.07, 6.45) is -5.49. The molecular weight excluding hydrogens is 574 g/mol. The van der Waals surface area contributed by atoms with E-state index in [2.05, 4.69) is 15.0 Å². The third-order valence-corrected chi connectivity index (χ3v) is 8.56. The minimum absolute atomic E-state index is 0.0151. The van der Waals surface area contributed by atoms with Crippen LogP contribution < -0.4 is 15.2 Å². The number of alkyl halides is 1. The number of benzene rings is 3. The minimum Gasteiger partial charge on any atom is -0.497 e. The normalized spacial score (nSPS) is 27.4. The van der Waals surface area contributed by atoms with Crippen molar-refractivity contribution in [3.63, 3.8) is 0 Å². The van der Waals surface area contributed by atoms with Crippen LogP contribution in [0, 0.1) is 0 Å². The van der Waals surface area contributed by atoms with Crippen LogP contribution in [0.15, 0.2) is 93.8 Å². The van der Waals surface area contributed by atoms with Crippen LogP contribution in [0.1, 0.15) is 16.7 Å². The Balaban J connectivity index is 1.46. The lowest BCUT2D eigenvalue weighted by Gasteiger charge is -2.43. The van der Waals surface area contributed by atoms with Gasteiger partial charge in [-0.05, 0) is 41.0 Å². The molecule has 0 aromatic heterocycles. The molecule has 3 aromatic carbocycles. The van der Waals surface area contributed by atoms with E-state index in [4.69, 9.17) is 31.5 Å². The lowest BCUT2D eigenvalue weighted by Crippen LogP contribution is -2.53. The number of nitrogens with two attached hydrogens (primary N) is 1. The molecule has 6 rings (SSSR count). The highest BCUT2D eigenvalue weighted by Crippen LogP contribution is 2.47. The van der Waals surface area contributed by atoms with E-state index in [1.165, 1.54) is 6.34 Å². The van der Waals surface area contributed by atoms with Gasteiger partial charge in [0, 0.05) is 0 Å². The fourth-order valence-electron chi connectivity index (χ4n) is 6.12. The van der Waals surface area contributed by atoms with Crippen molar-refractivity contribution in [3.05, 3.63) is 95.6 Å². The second kappa shape index (κ2) is 11.3. The summed E-state index contributed by atoms with van der Waals surface area (Å²) in [7, 11) is 3.16. The van der Waals surface area contributed by atoms with Crippen molar-refractivity contribution in [2.75, 3.05) is 20.9 Å². The lowest BCUT2D eigenvalue weighted by atomic mass is 9.64. The van der Waals surface area contributed by atoms with Crippen molar-refractivity contribution in [2.45, 2.75) is 41.2 Å². The molecule has 2 unspecified atom stereocenters. The maximum Gasteiger partial charge on any atom is 0.232 e. The van der Waals surface area contributed by atoms with Crippen molar-refractivity contribution in [2.24, 2.45) is 20.7 Å². The fourth-order valence-corrected chi connectivity index (χ4v) is 6.31. The van der Waals surface area contributed by atoms with Gasteiger partial charge in [0.05, 0.1) is 19.6 Å². The third kappa shape index (κ3) is 4.78. The largest absolute Gasteiger partial charge is 0.497 e. The van der Waals surface area contributed by atoms with E-state index in [1.54, 1.807) is 19.1 Å². The van der Waals surface area contributed by atoms with Crippen LogP contribution in [0.4, 0.5) is 0 Å². The Morgan fingerprint density at radius 2 is 1.49 bits per heavy atom. The highest BCUT2D eigenvalue weighted by atomic mass is 35.5. The molecular formula is C31H32ClN5O6. The van der Waals surface area contributed by atoms with Crippen molar-refractivity contribution in [3.8, 4) is 11.5 Å². The Kier molecular flexibility index (Phi) is 7.71. The summed E-state index contributed by atoms with van der Waals surface area (Å²) in [6.45, 7) is 0.0151. The number of aliphatic hydroxyl groups is 3. The van der Waals surface area contributed by atoms with Gasteiger partial charge in [-0.25, -0.2) is 9.98 Å². The summed E-state index contributed by atoms with van der Waals surface area (Å²) in [5.41, 5.74) is 7.18. The van der Waals surface area contributed by atoms with Gasteiger partial charge in [0.25, 0.3) is 0 Å². The van der Waals surface area contributed by atoms with Gasteiger partial charge in [-0.15, -0.1) is 0 Å². The van der Waals surface area contributed by atoms with E-state index in [1.807, 2.05) is 78.9 Å². The molecule has 0 radical (unpaired) electrons. The molecule has 11 nitrogen and oxygen atoms in total. The Morgan fingerprint density at radius 1 is 0.930 bits per heavy atom. The predicted octanol–water partition coefficient (Wildman–Crippen LogP) is 1.85. The third-order valence-electron chi connectivity index (χ3n) is 8.28. The molecule has 1 saturated heterocycles. The van der Waals surface area contributed by atoms with Gasteiger partial charge in [-0.1, -0.05) is 66.2 Å². The molecule has 3 heterocycles. The smallest absolute Gasteiger partial charge is 0.232 e. The first-order valence-electron chi connectivity index (χ1n) is 13.7. The molecule has 224 valence electrons. The zero-order valence-corrected chi connectivity index (χ0v) is 24.2. The number of hydrogen-bond acceptors (Lipinski definition) is 11. The quantitative estimate of drug-likeness (QED) is 0.172. The van der Waals surface area contributed by atoms with Crippen LogP contribution >= 0.6 is 11.6 Å². The molecule has 3 aromatic rings. The molecule has 0 aliphatic carbocycles. The average Bonchev–Trinajstić information content (AvgIpc) is 3.60. The zero-order chi connectivity index (χ0) is 30.4. The standard InChI is InChI=1S/C31H32ClN5O6/c1-41-21-12-8-19(9-13-21)30(18-6-4-3-5-7-18,20-10-14-22(42-2)15-11-20)27(40)25-23(38)24(39)29(43-25)37-17-35-26-28(37)34-16-36-31(26,32)33/h3-16,23-25,27,29,38-40H,17,33H2,1-2H3/t23-,24+,25-,27?,29+,31?/m0/s1. The van der Waals surface area contributed by atoms with Crippen LogP contribution in [0.25, 0.3) is 0 Å². The zero-order valence-electron chi connectivity index (χ0n) is 23.5. The van der Waals surface area contributed by atoms with Gasteiger partial charge < -0.3 is 34.4 Å². The topological polar surface area (TPSA) is 155 Å². The fraction of sp³-hybridized carbons (Fsp3) is 0.323. The van der Waals surface area contributed by atoms with Crippen LogP contribution in [0.3, 0.4) is 0 Å². The Bertz CT molecular complexity index is 1500. The number of fused-ring (bicyclic) bond motifs is 1. The number of aliphatic hydroxyl groups excluding tert-OH is 3. The number of aliphatic imine (C=N–C) groups is 3. The van der Waals surface area contributed by atoms with Crippen LogP contribution in [0.5, 0.6) is 11.5 Å². The van der Waals surface area contributed by atoms with Gasteiger partial charge >= 0.3 is 0 Å². The number of amidine groups is 1. The van der Waals surface area contributed by atoms with E-state index in [0.29, 0.717) is 22.6 Å². The first kappa shape index (κ1) is 29.2. The maximum atomic E-state index is 12.5. The molecule has 6 atom stereocenters. The predicted molar refractivity (Wildman–Crippen MR) is 162 cm³/mol. The van der Waals surface area contributed by atoms with Crippen LogP contribution in [0.2, 0.25) is 0 Å². The molecule has 0 amide bonds. The molecule has 0 spiro atoms. The first-order valence-corrected chi connectivity index (χ1v) is 14.1. The highest BCUT2D eigenvalue weighted by Gasteiger charge is 2.57. The van der Waals surface area contributed by atoms with E-state index in [-0.39, 0.29) is 18.2 Å². The maximum absolute atomic E-state index is 12.5. The highest BCUT2D eigenvalue weighted by molar-refractivity contribution is 6.56. The van der Waals surface area contributed by atoms with Crippen molar-refractivity contribution >= 4 is 29.5 Å². The van der Waals surface area contributed by atoms with Gasteiger partial charge in [0.15, 0.2) is 12.1 Å². The number of halogens is 1. The second-order valence-corrected chi connectivity index (χ2v) is 11.1. The Hall–Kier alpha value is -3.84. The van der Waals surface area contributed by atoms with E-state index in [0.717, 1.165) is 5.56 Å². The van der Waals surface area contributed by atoms with Crippen molar-refractivity contribution < 1.29 is 29.5 Å². The number of methoxy groups -OCH3 is 2. The van der Waals surface area contributed by atoms with Gasteiger partial charge in [0.1, 0.15) is 54.6 Å². The summed E-state index contributed by atoms with van der Waals surface area (Å²) >= 11 is 6.33. The van der Waals surface area contributed by atoms with Crippen LogP contribution in [-0.4, -0.2) is 94.8 Å². The van der Waals surface area contributed by atoms with E-state index >= 15 is 0 Å². The number of nitrogens with zero attached hydrogens (tertiary/aromatic N) is 4. The number of hydrogen-bond donors (Lipinski definition) is 4. The first-order chi connectivity index (χ1) is 20.7. The molecule has 0 bridgehead atoms. The van der Waals surface area contributed by atoms with Crippen molar-refractivity contribution in [1.82, 2.24) is 4.90 Å². The summed E-state index contributed by atoms with van der Waals surface area (Å²) in [6, 6.07) is 24.2. The monoisotopic (exact) mass is 605 g/mol. The van der Waals surface area contributed by atoms with Gasteiger partial charge in [-0.2, -0.15) is 0 Å². The molecule has 1 fully saturated rings. The minimum atomic E-state index is -1.61.